The largest absolute Gasteiger partial charge is 0.491 e. The maximum absolute atomic E-state index is 5.65. The molecule has 0 fully saturated rings. The van der Waals surface area contributed by atoms with Gasteiger partial charge in [0.1, 0.15) is 5.75 Å². The first-order valence-corrected chi connectivity index (χ1v) is 7.12. The van der Waals surface area contributed by atoms with Crippen LogP contribution >= 0.6 is 0 Å². The molecule has 0 atom stereocenters. The van der Waals surface area contributed by atoms with Crippen LogP contribution in [-0.2, 0) is 6.54 Å². The van der Waals surface area contributed by atoms with Crippen LogP contribution in [0.1, 0.15) is 30.5 Å². The van der Waals surface area contributed by atoms with Crippen molar-refractivity contribution >= 4 is 5.69 Å². The van der Waals surface area contributed by atoms with Gasteiger partial charge in [0.05, 0.1) is 6.10 Å². The van der Waals surface area contributed by atoms with E-state index < -0.39 is 0 Å². The van der Waals surface area contributed by atoms with Gasteiger partial charge in [0, 0.05) is 12.2 Å². The van der Waals surface area contributed by atoms with Crippen LogP contribution in [0.25, 0.3) is 0 Å². The second kappa shape index (κ2) is 6.47. The second-order valence-corrected chi connectivity index (χ2v) is 5.43. The van der Waals surface area contributed by atoms with Crippen molar-refractivity contribution in [2.24, 2.45) is 0 Å². The molecule has 0 saturated heterocycles. The number of nitrogens with one attached hydrogen (secondary N) is 1. The quantitative estimate of drug-likeness (QED) is 0.849. The van der Waals surface area contributed by atoms with Crippen molar-refractivity contribution in [3.8, 4) is 5.75 Å². The van der Waals surface area contributed by atoms with Gasteiger partial charge in [-0.05, 0) is 56.5 Å². The van der Waals surface area contributed by atoms with Crippen LogP contribution in [0, 0.1) is 13.8 Å². The average molecular weight is 269 g/mol. The Kier molecular flexibility index (Phi) is 4.67. The van der Waals surface area contributed by atoms with Crippen LogP contribution in [0.5, 0.6) is 5.75 Å². The van der Waals surface area contributed by atoms with E-state index in [0.717, 1.165) is 12.3 Å². The van der Waals surface area contributed by atoms with Crippen LogP contribution in [0.4, 0.5) is 5.69 Å². The molecule has 2 heteroatoms. The van der Waals surface area contributed by atoms with E-state index in [1.54, 1.807) is 0 Å². The molecule has 0 saturated carbocycles. The third-order valence-electron chi connectivity index (χ3n) is 3.25. The third kappa shape index (κ3) is 3.77. The topological polar surface area (TPSA) is 21.3 Å². The second-order valence-electron chi connectivity index (χ2n) is 5.43. The summed E-state index contributed by atoms with van der Waals surface area (Å²) in [7, 11) is 0. The Bertz CT molecular complexity index is 538. The van der Waals surface area contributed by atoms with Gasteiger partial charge in [-0.1, -0.05) is 30.3 Å². The first-order valence-electron chi connectivity index (χ1n) is 7.12. The van der Waals surface area contributed by atoms with Gasteiger partial charge in [0.2, 0.25) is 0 Å². The molecule has 20 heavy (non-hydrogen) atoms. The summed E-state index contributed by atoms with van der Waals surface area (Å²) in [4.78, 5) is 0. The zero-order valence-electron chi connectivity index (χ0n) is 12.7. The number of aryl methyl sites for hydroxylation is 2. The van der Waals surface area contributed by atoms with Crippen LogP contribution in [-0.4, -0.2) is 6.10 Å². The third-order valence-corrected chi connectivity index (χ3v) is 3.25. The molecule has 0 aliphatic rings. The summed E-state index contributed by atoms with van der Waals surface area (Å²) in [5, 5.41) is 3.52. The van der Waals surface area contributed by atoms with E-state index in [0.29, 0.717) is 0 Å². The van der Waals surface area contributed by atoms with Gasteiger partial charge in [-0.3, -0.25) is 0 Å². The first-order chi connectivity index (χ1) is 9.56. The number of para-hydroxylation sites is 1. The Balaban J connectivity index is 2.00. The highest BCUT2D eigenvalue weighted by molar-refractivity contribution is 5.56. The molecule has 2 nitrogen and oxygen atoms in total. The zero-order valence-corrected chi connectivity index (χ0v) is 12.7. The summed E-state index contributed by atoms with van der Waals surface area (Å²) in [6, 6.07) is 14.6. The zero-order chi connectivity index (χ0) is 14.5. The average Bonchev–Trinajstić information content (AvgIpc) is 2.39. The maximum Gasteiger partial charge on any atom is 0.119 e. The van der Waals surface area contributed by atoms with Gasteiger partial charge in [-0.25, -0.2) is 0 Å². The number of rotatable bonds is 5. The molecule has 0 aliphatic heterocycles. The molecule has 0 spiro atoms. The number of hydrogen-bond acceptors (Lipinski definition) is 2. The fourth-order valence-corrected chi connectivity index (χ4v) is 2.24. The van der Waals surface area contributed by atoms with E-state index in [-0.39, 0.29) is 6.10 Å². The molecule has 0 radical (unpaired) electrons. The molecule has 1 N–H and O–H groups in total. The fraction of sp³-hybridized carbons (Fsp3) is 0.333. The Labute approximate surface area is 121 Å². The van der Waals surface area contributed by atoms with E-state index >= 15 is 0 Å². The molecule has 0 heterocycles. The van der Waals surface area contributed by atoms with Gasteiger partial charge < -0.3 is 10.1 Å². The van der Waals surface area contributed by atoms with E-state index in [4.69, 9.17) is 4.74 Å². The van der Waals surface area contributed by atoms with Crippen molar-refractivity contribution < 1.29 is 4.74 Å². The Morgan fingerprint density at radius 1 is 0.950 bits per heavy atom. The fourth-order valence-electron chi connectivity index (χ4n) is 2.24. The van der Waals surface area contributed by atoms with Crippen LogP contribution < -0.4 is 10.1 Å². The molecule has 2 aromatic rings. The normalized spacial score (nSPS) is 10.7. The molecule has 2 rings (SSSR count). The highest BCUT2D eigenvalue weighted by Gasteiger charge is 2.02. The maximum atomic E-state index is 5.65. The van der Waals surface area contributed by atoms with Crippen molar-refractivity contribution in [1.82, 2.24) is 0 Å². The molecule has 0 aliphatic carbocycles. The summed E-state index contributed by atoms with van der Waals surface area (Å²) in [5.74, 6) is 0.927. The molecular formula is C18H23NO. The summed E-state index contributed by atoms with van der Waals surface area (Å²) < 4.78 is 5.65. The standard InChI is InChI=1S/C18H23NO/c1-13(2)20-17-10-8-16(9-11-17)12-19-18-14(3)6-5-7-15(18)4/h5-11,13,19H,12H2,1-4H3. The smallest absolute Gasteiger partial charge is 0.119 e. The van der Waals surface area contributed by atoms with Gasteiger partial charge >= 0.3 is 0 Å². The van der Waals surface area contributed by atoms with Crippen molar-refractivity contribution in [2.45, 2.75) is 40.3 Å². The van der Waals surface area contributed by atoms with Crippen molar-refractivity contribution in [3.05, 3.63) is 59.2 Å². The number of ether oxygens (including phenoxy) is 1. The highest BCUT2D eigenvalue weighted by Crippen LogP contribution is 2.21. The van der Waals surface area contributed by atoms with Crippen LogP contribution in [0.3, 0.4) is 0 Å². The predicted octanol–water partition coefficient (Wildman–Crippen LogP) is 4.70. The van der Waals surface area contributed by atoms with Gasteiger partial charge in [0.15, 0.2) is 0 Å². The minimum absolute atomic E-state index is 0.216. The highest BCUT2D eigenvalue weighted by atomic mass is 16.5. The summed E-state index contributed by atoms with van der Waals surface area (Å²) >= 11 is 0. The van der Waals surface area contributed by atoms with Gasteiger partial charge in [-0.2, -0.15) is 0 Å². The monoisotopic (exact) mass is 269 g/mol. The van der Waals surface area contributed by atoms with Gasteiger partial charge in [-0.15, -0.1) is 0 Å². The lowest BCUT2D eigenvalue weighted by Crippen LogP contribution is -2.06. The molecule has 0 aromatic heterocycles. The van der Waals surface area contributed by atoms with Crippen LogP contribution in [0.2, 0.25) is 0 Å². The molecule has 2 aromatic carbocycles. The summed E-state index contributed by atoms with van der Waals surface area (Å²) in [6.45, 7) is 9.17. The lowest BCUT2D eigenvalue weighted by molar-refractivity contribution is 0.242. The minimum atomic E-state index is 0.216. The molecular weight excluding hydrogens is 246 g/mol. The number of hydrogen-bond donors (Lipinski definition) is 1. The van der Waals surface area contributed by atoms with Crippen molar-refractivity contribution in [3.63, 3.8) is 0 Å². The molecule has 0 amide bonds. The van der Waals surface area contributed by atoms with E-state index in [9.17, 15) is 0 Å². The Hall–Kier alpha value is -1.96. The van der Waals surface area contributed by atoms with Gasteiger partial charge in [0.25, 0.3) is 0 Å². The predicted molar refractivity (Wildman–Crippen MR) is 85.4 cm³/mol. The van der Waals surface area contributed by atoms with E-state index in [2.05, 4.69) is 49.5 Å². The van der Waals surface area contributed by atoms with Crippen molar-refractivity contribution in [2.75, 3.05) is 5.32 Å². The number of benzene rings is 2. The molecule has 106 valence electrons. The summed E-state index contributed by atoms with van der Waals surface area (Å²) in [5.41, 5.74) is 5.05. The van der Waals surface area contributed by atoms with E-state index in [1.165, 1.54) is 22.4 Å². The van der Waals surface area contributed by atoms with Crippen molar-refractivity contribution in [1.29, 1.82) is 0 Å². The Morgan fingerprint density at radius 3 is 2.10 bits per heavy atom. The molecule has 0 bridgehead atoms. The van der Waals surface area contributed by atoms with Crippen LogP contribution in [0.15, 0.2) is 42.5 Å². The lowest BCUT2D eigenvalue weighted by atomic mass is 10.1. The summed E-state index contributed by atoms with van der Waals surface area (Å²) in [6.07, 6.45) is 0.216. The SMILES string of the molecule is Cc1cccc(C)c1NCc1ccc(OC(C)C)cc1. The first kappa shape index (κ1) is 14.4. The lowest BCUT2D eigenvalue weighted by Gasteiger charge is -2.13. The number of anilines is 1. The van der Waals surface area contributed by atoms with E-state index in [1.807, 2.05) is 26.0 Å². The Morgan fingerprint density at radius 2 is 1.55 bits per heavy atom. The molecule has 0 unspecified atom stereocenters. The minimum Gasteiger partial charge on any atom is -0.491 e.